The van der Waals surface area contributed by atoms with Crippen LogP contribution in [0, 0.1) is 5.92 Å². The maximum absolute atomic E-state index is 9.47. The summed E-state index contributed by atoms with van der Waals surface area (Å²) in [7, 11) is 0. The van der Waals surface area contributed by atoms with Crippen molar-refractivity contribution in [3.8, 4) is 5.75 Å². The monoisotopic (exact) mass is 220 g/mol. The smallest absolute Gasteiger partial charge is 0.119 e. The van der Waals surface area contributed by atoms with Gasteiger partial charge in [-0.1, -0.05) is 25.0 Å². The van der Waals surface area contributed by atoms with E-state index in [0.717, 1.165) is 23.8 Å². The largest absolute Gasteiger partial charge is 0.493 e. The van der Waals surface area contributed by atoms with E-state index in [0.29, 0.717) is 0 Å². The van der Waals surface area contributed by atoms with Crippen molar-refractivity contribution < 1.29 is 9.84 Å². The molecule has 2 rings (SSSR count). The van der Waals surface area contributed by atoms with Gasteiger partial charge in [0.05, 0.1) is 12.7 Å². The summed E-state index contributed by atoms with van der Waals surface area (Å²) >= 11 is 0. The normalized spacial score (nSPS) is 18.6. The fraction of sp³-hybridized carbons (Fsp3) is 0.571. The first-order valence-corrected chi connectivity index (χ1v) is 6.16. The van der Waals surface area contributed by atoms with E-state index in [2.05, 4.69) is 0 Å². The van der Waals surface area contributed by atoms with Gasteiger partial charge in [0.1, 0.15) is 5.75 Å². The molecule has 0 radical (unpaired) electrons. The lowest BCUT2D eigenvalue weighted by atomic mass is 10.1. The van der Waals surface area contributed by atoms with Crippen LogP contribution < -0.4 is 4.74 Å². The highest BCUT2D eigenvalue weighted by Gasteiger charge is 2.15. The molecule has 0 saturated heterocycles. The molecule has 0 bridgehead atoms. The predicted molar refractivity (Wildman–Crippen MR) is 64.5 cm³/mol. The van der Waals surface area contributed by atoms with Crippen LogP contribution in [-0.4, -0.2) is 11.7 Å². The van der Waals surface area contributed by atoms with E-state index in [9.17, 15) is 5.11 Å². The van der Waals surface area contributed by atoms with Gasteiger partial charge in [-0.2, -0.15) is 0 Å². The van der Waals surface area contributed by atoms with Crippen molar-refractivity contribution in [3.63, 3.8) is 0 Å². The van der Waals surface area contributed by atoms with E-state index in [1.54, 1.807) is 6.92 Å². The van der Waals surface area contributed by atoms with Crippen molar-refractivity contribution in [1.29, 1.82) is 0 Å². The minimum absolute atomic E-state index is 0.421. The summed E-state index contributed by atoms with van der Waals surface area (Å²) in [4.78, 5) is 0. The minimum Gasteiger partial charge on any atom is -0.493 e. The van der Waals surface area contributed by atoms with E-state index < -0.39 is 6.10 Å². The summed E-state index contributed by atoms with van der Waals surface area (Å²) in [6.45, 7) is 2.60. The highest BCUT2D eigenvalue weighted by molar-refractivity contribution is 5.29. The van der Waals surface area contributed by atoms with Gasteiger partial charge in [0, 0.05) is 0 Å². The Morgan fingerprint density at radius 3 is 2.81 bits per heavy atom. The zero-order valence-electron chi connectivity index (χ0n) is 9.86. The van der Waals surface area contributed by atoms with Gasteiger partial charge in [-0.05, 0) is 43.4 Å². The first kappa shape index (κ1) is 11.5. The topological polar surface area (TPSA) is 29.5 Å². The Morgan fingerprint density at radius 2 is 2.12 bits per heavy atom. The Morgan fingerprint density at radius 1 is 1.38 bits per heavy atom. The maximum Gasteiger partial charge on any atom is 0.119 e. The van der Waals surface area contributed by atoms with Gasteiger partial charge in [-0.15, -0.1) is 0 Å². The molecule has 1 aromatic rings. The maximum atomic E-state index is 9.47. The first-order valence-electron chi connectivity index (χ1n) is 6.16. The molecule has 0 spiro atoms. The molecule has 1 aliphatic carbocycles. The van der Waals surface area contributed by atoms with Crippen LogP contribution in [0.1, 0.15) is 44.3 Å². The summed E-state index contributed by atoms with van der Waals surface area (Å²) in [5.41, 5.74) is 0.920. The van der Waals surface area contributed by atoms with Gasteiger partial charge < -0.3 is 9.84 Å². The summed E-state index contributed by atoms with van der Waals surface area (Å²) in [6.07, 6.45) is 4.88. The predicted octanol–water partition coefficient (Wildman–Crippen LogP) is 3.31. The second kappa shape index (κ2) is 5.35. The lowest BCUT2D eigenvalue weighted by Crippen LogP contribution is -2.08. The van der Waals surface area contributed by atoms with Gasteiger partial charge in [0.2, 0.25) is 0 Å². The van der Waals surface area contributed by atoms with Crippen molar-refractivity contribution in [2.45, 2.75) is 38.7 Å². The Bertz CT molecular complexity index is 327. The molecule has 1 N–H and O–H groups in total. The van der Waals surface area contributed by atoms with Crippen LogP contribution in [0.15, 0.2) is 24.3 Å². The number of benzene rings is 1. The summed E-state index contributed by atoms with van der Waals surface area (Å²) < 4.78 is 5.77. The molecule has 1 atom stereocenters. The summed E-state index contributed by atoms with van der Waals surface area (Å²) in [5.74, 6) is 1.61. The van der Waals surface area contributed by atoms with Gasteiger partial charge >= 0.3 is 0 Å². The van der Waals surface area contributed by atoms with E-state index >= 15 is 0 Å². The van der Waals surface area contributed by atoms with Crippen molar-refractivity contribution in [1.82, 2.24) is 0 Å². The van der Waals surface area contributed by atoms with E-state index in [1.807, 2.05) is 24.3 Å². The fourth-order valence-electron chi connectivity index (χ4n) is 2.26. The average Bonchev–Trinajstić information content (AvgIpc) is 2.79. The van der Waals surface area contributed by atoms with E-state index in [-0.39, 0.29) is 0 Å². The first-order chi connectivity index (χ1) is 7.75. The molecule has 1 saturated carbocycles. The number of hydrogen-bond donors (Lipinski definition) is 1. The average molecular weight is 220 g/mol. The second-order valence-corrected chi connectivity index (χ2v) is 4.71. The third-order valence-corrected chi connectivity index (χ3v) is 3.30. The van der Waals surface area contributed by atoms with Crippen molar-refractivity contribution in [2.24, 2.45) is 5.92 Å². The van der Waals surface area contributed by atoms with Gasteiger partial charge in [0.15, 0.2) is 0 Å². The van der Waals surface area contributed by atoms with Crippen molar-refractivity contribution in [2.75, 3.05) is 6.61 Å². The molecule has 0 unspecified atom stereocenters. The zero-order chi connectivity index (χ0) is 11.4. The standard InChI is InChI=1S/C14H20O2/c1-11(15)13-7-4-8-14(9-13)16-10-12-5-2-3-6-12/h4,7-9,11-12,15H,2-3,5-6,10H2,1H3/t11-/m0/s1. The second-order valence-electron chi connectivity index (χ2n) is 4.71. The van der Waals surface area contributed by atoms with E-state index in [4.69, 9.17) is 4.74 Å². The zero-order valence-corrected chi connectivity index (χ0v) is 9.86. The molecule has 1 aliphatic rings. The lowest BCUT2D eigenvalue weighted by Gasteiger charge is -2.12. The molecule has 1 fully saturated rings. The highest BCUT2D eigenvalue weighted by Crippen LogP contribution is 2.26. The summed E-state index contributed by atoms with van der Waals surface area (Å²) in [6, 6.07) is 7.75. The highest BCUT2D eigenvalue weighted by atomic mass is 16.5. The van der Waals surface area contributed by atoms with E-state index in [1.165, 1.54) is 25.7 Å². The van der Waals surface area contributed by atoms with Crippen LogP contribution in [0.5, 0.6) is 5.75 Å². The van der Waals surface area contributed by atoms with Crippen LogP contribution >= 0.6 is 0 Å². The third-order valence-electron chi connectivity index (χ3n) is 3.30. The minimum atomic E-state index is -0.421. The molecule has 0 aromatic heterocycles. The number of aliphatic hydroxyl groups excluding tert-OH is 1. The molecule has 16 heavy (non-hydrogen) atoms. The Kier molecular flexibility index (Phi) is 3.83. The van der Waals surface area contributed by atoms with Crippen LogP contribution in [0.4, 0.5) is 0 Å². The molecule has 88 valence electrons. The Labute approximate surface area is 97.3 Å². The van der Waals surface area contributed by atoms with Crippen LogP contribution in [0.25, 0.3) is 0 Å². The van der Waals surface area contributed by atoms with Crippen LogP contribution in [-0.2, 0) is 0 Å². The Balaban J connectivity index is 1.90. The number of rotatable bonds is 4. The SMILES string of the molecule is C[C@H](O)c1cccc(OCC2CCCC2)c1. The molecular weight excluding hydrogens is 200 g/mol. The molecule has 2 heteroatoms. The van der Waals surface area contributed by atoms with Crippen LogP contribution in [0.3, 0.4) is 0 Å². The summed E-state index contributed by atoms with van der Waals surface area (Å²) in [5, 5.41) is 9.47. The Hall–Kier alpha value is -1.02. The van der Waals surface area contributed by atoms with Crippen molar-refractivity contribution in [3.05, 3.63) is 29.8 Å². The third kappa shape index (κ3) is 2.99. The lowest BCUT2D eigenvalue weighted by molar-refractivity contribution is 0.198. The molecular formula is C14H20O2. The van der Waals surface area contributed by atoms with Crippen molar-refractivity contribution >= 4 is 0 Å². The van der Waals surface area contributed by atoms with Gasteiger partial charge in [0.25, 0.3) is 0 Å². The van der Waals surface area contributed by atoms with Gasteiger partial charge in [-0.3, -0.25) is 0 Å². The molecule has 1 aromatic carbocycles. The quantitative estimate of drug-likeness (QED) is 0.843. The van der Waals surface area contributed by atoms with Gasteiger partial charge in [-0.25, -0.2) is 0 Å². The van der Waals surface area contributed by atoms with Crippen LogP contribution in [0.2, 0.25) is 0 Å². The number of ether oxygens (including phenoxy) is 1. The molecule has 0 heterocycles. The molecule has 0 aliphatic heterocycles. The molecule has 0 amide bonds. The number of aliphatic hydroxyl groups is 1. The number of hydrogen-bond acceptors (Lipinski definition) is 2. The fourth-order valence-corrected chi connectivity index (χ4v) is 2.26. The molecule has 2 nitrogen and oxygen atoms in total.